The average Bonchev–Trinajstić information content (AvgIpc) is 2.78. The summed E-state index contributed by atoms with van der Waals surface area (Å²) in [5.41, 5.74) is 7.24. The fourth-order valence-electron chi connectivity index (χ4n) is 2.62. The molecule has 5 heteroatoms. The first kappa shape index (κ1) is 16.9. The third-order valence-electron chi connectivity index (χ3n) is 3.84. The van der Waals surface area contributed by atoms with Crippen molar-refractivity contribution in [2.24, 2.45) is 11.7 Å². The van der Waals surface area contributed by atoms with Gasteiger partial charge >= 0.3 is 0 Å². The number of nitrogens with zero attached hydrogens (tertiary/aromatic N) is 2. The zero-order valence-corrected chi connectivity index (χ0v) is 13.6. The van der Waals surface area contributed by atoms with Crippen LogP contribution >= 0.6 is 23.7 Å². The van der Waals surface area contributed by atoms with Crippen molar-refractivity contribution in [3.05, 3.63) is 16.1 Å². The summed E-state index contributed by atoms with van der Waals surface area (Å²) in [7, 11) is 0. The van der Waals surface area contributed by atoms with Crippen molar-refractivity contribution in [2.45, 2.75) is 52.1 Å². The van der Waals surface area contributed by atoms with Crippen molar-refractivity contribution in [3.8, 4) is 0 Å². The van der Waals surface area contributed by atoms with Crippen LogP contribution in [0.4, 0.5) is 0 Å². The van der Waals surface area contributed by atoms with Gasteiger partial charge in [-0.15, -0.1) is 23.7 Å². The highest BCUT2D eigenvalue weighted by Gasteiger charge is 2.22. The van der Waals surface area contributed by atoms with Crippen LogP contribution in [0.5, 0.6) is 0 Å². The number of nitrogens with two attached hydrogens (primary N) is 1. The number of piperidine rings is 1. The molecule has 0 bridgehead atoms. The van der Waals surface area contributed by atoms with Crippen LogP contribution in [0.3, 0.4) is 0 Å². The molecular weight excluding hydrogens is 278 g/mol. The van der Waals surface area contributed by atoms with Crippen molar-refractivity contribution in [1.82, 2.24) is 9.88 Å². The molecule has 0 amide bonds. The summed E-state index contributed by atoms with van der Waals surface area (Å²) in [6.45, 7) is 7.72. The third kappa shape index (κ3) is 5.03. The monoisotopic (exact) mass is 303 g/mol. The van der Waals surface area contributed by atoms with Gasteiger partial charge in [-0.2, -0.15) is 0 Å². The maximum atomic E-state index is 5.97. The fourth-order valence-corrected chi connectivity index (χ4v) is 3.49. The molecule has 1 aliphatic heterocycles. The number of hydrogen-bond donors (Lipinski definition) is 1. The van der Waals surface area contributed by atoms with Crippen molar-refractivity contribution in [2.75, 3.05) is 13.1 Å². The molecule has 110 valence electrons. The van der Waals surface area contributed by atoms with Crippen molar-refractivity contribution >= 4 is 23.7 Å². The Morgan fingerprint density at radius 1 is 1.47 bits per heavy atom. The van der Waals surface area contributed by atoms with Crippen molar-refractivity contribution in [1.29, 1.82) is 0 Å². The highest BCUT2D eigenvalue weighted by atomic mass is 35.5. The average molecular weight is 304 g/mol. The molecule has 1 aromatic heterocycles. The van der Waals surface area contributed by atoms with Gasteiger partial charge in [0.1, 0.15) is 5.01 Å². The molecule has 0 spiro atoms. The van der Waals surface area contributed by atoms with E-state index >= 15 is 0 Å². The van der Waals surface area contributed by atoms with Gasteiger partial charge in [-0.05, 0) is 45.2 Å². The van der Waals surface area contributed by atoms with E-state index in [1.165, 1.54) is 43.1 Å². The summed E-state index contributed by atoms with van der Waals surface area (Å²) in [6.07, 6.45) is 4.78. The standard InChI is InChI=1S/C14H25N3S.ClH/c1-3-4-13-10-18-14(16-13)9-17-7-5-12(6-8-17)11(2)15;/h10-12H,3-9,15H2,1-2H3;1H. The van der Waals surface area contributed by atoms with E-state index in [9.17, 15) is 0 Å². The number of halogens is 1. The topological polar surface area (TPSA) is 42.1 Å². The minimum absolute atomic E-state index is 0. The molecule has 0 aromatic carbocycles. The van der Waals surface area contributed by atoms with E-state index in [2.05, 4.69) is 24.1 Å². The van der Waals surface area contributed by atoms with E-state index in [1.807, 2.05) is 11.3 Å². The molecule has 1 unspecified atom stereocenters. The Morgan fingerprint density at radius 3 is 2.74 bits per heavy atom. The van der Waals surface area contributed by atoms with Crippen LogP contribution in [-0.4, -0.2) is 29.0 Å². The van der Waals surface area contributed by atoms with Crippen molar-refractivity contribution in [3.63, 3.8) is 0 Å². The largest absolute Gasteiger partial charge is 0.328 e. The second-order valence-electron chi connectivity index (χ2n) is 5.46. The Bertz CT molecular complexity index is 359. The van der Waals surface area contributed by atoms with E-state index in [4.69, 9.17) is 10.7 Å². The quantitative estimate of drug-likeness (QED) is 0.909. The molecule has 1 aliphatic rings. The van der Waals surface area contributed by atoms with Gasteiger partial charge in [-0.1, -0.05) is 13.3 Å². The molecule has 1 saturated heterocycles. The summed E-state index contributed by atoms with van der Waals surface area (Å²) in [4.78, 5) is 7.22. The molecular formula is C14H26ClN3S. The summed E-state index contributed by atoms with van der Waals surface area (Å²) in [5, 5.41) is 3.49. The highest BCUT2D eigenvalue weighted by molar-refractivity contribution is 7.09. The fraction of sp³-hybridized carbons (Fsp3) is 0.786. The first-order valence-corrected chi connectivity index (χ1v) is 7.98. The summed E-state index contributed by atoms with van der Waals surface area (Å²) in [6, 6.07) is 0.350. The van der Waals surface area contributed by atoms with E-state index in [-0.39, 0.29) is 12.4 Å². The van der Waals surface area contributed by atoms with E-state index in [0.29, 0.717) is 12.0 Å². The lowest BCUT2D eigenvalue weighted by atomic mass is 9.91. The van der Waals surface area contributed by atoms with Crippen LogP contribution in [0.15, 0.2) is 5.38 Å². The number of likely N-dealkylation sites (tertiary alicyclic amines) is 1. The summed E-state index contributed by atoms with van der Waals surface area (Å²) >= 11 is 1.81. The second kappa shape index (κ2) is 8.20. The Labute approximate surface area is 127 Å². The molecule has 1 fully saturated rings. The summed E-state index contributed by atoms with van der Waals surface area (Å²) < 4.78 is 0. The predicted molar refractivity (Wildman–Crippen MR) is 85.0 cm³/mol. The number of aromatic nitrogens is 1. The number of thiazole rings is 1. The Balaban J connectivity index is 0.00000180. The molecule has 2 heterocycles. The zero-order valence-electron chi connectivity index (χ0n) is 12.0. The van der Waals surface area contributed by atoms with Gasteiger partial charge in [0.25, 0.3) is 0 Å². The van der Waals surface area contributed by atoms with Gasteiger partial charge in [0.15, 0.2) is 0 Å². The zero-order chi connectivity index (χ0) is 13.0. The van der Waals surface area contributed by atoms with Gasteiger partial charge in [0, 0.05) is 11.4 Å². The predicted octanol–water partition coefficient (Wildman–Crippen LogP) is 3.08. The first-order valence-electron chi connectivity index (χ1n) is 7.10. The Hall–Kier alpha value is -0.160. The molecule has 1 aromatic rings. The van der Waals surface area contributed by atoms with Gasteiger partial charge < -0.3 is 5.73 Å². The Morgan fingerprint density at radius 2 is 2.16 bits per heavy atom. The number of rotatable bonds is 5. The maximum absolute atomic E-state index is 5.97. The summed E-state index contributed by atoms with van der Waals surface area (Å²) in [5.74, 6) is 0.716. The van der Waals surface area contributed by atoms with Gasteiger partial charge in [0.05, 0.1) is 12.2 Å². The lowest BCUT2D eigenvalue weighted by molar-refractivity contribution is 0.165. The maximum Gasteiger partial charge on any atom is 0.107 e. The van der Waals surface area contributed by atoms with E-state index in [0.717, 1.165) is 13.0 Å². The van der Waals surface area contributed by atoms with Crippen LogP contribution in [0.25, 0.3) is 0 Å². The van der Waals surface area contributed by atoms with Crippen LogP contribution in [0.1, 0.15) is 43.8 Å². The minimum atomic E-state index is 0. The molecule has 3 nitrogen and oxygen atoms in total. The van der Waals surface area contributed by atoms with E-state index < -0.39 is 0 Å². The molecule has 2 rings (SSSR count). The number of aryl methyl sites for hydroxylation is 1. The van der Waals surface area contributed by atoms with Gasteiger partial charge in [0.2, 0.25) is 0 Å². The second-order valence-corrected chi connectivity index (χ2v) is 6.40. The van der Waals surface area contributed by atoms with Gasteiger partial charge in [-0.25, -0.2) is 4.98 Å². The smallest absolute Gasteiger partial charge is 0.107 e. The molecule has 2 N–H and O–H groups in total. The highest BCUT2D eigenvalue weighted by Crippen LogP contribution is 2.22. The van der Waals surface area contributed by atoms with Crippen molar-refractivity contribution < 1.29 is 0 Å². The van der Waals surface area contributed by atoms with Gasteiger partial charge in [-0.3, -0.25) is 4.90 Å². The third-order valence-corrected chi connectivity index (χ3v) is 4.72. The molecule has 0 radical (unpaired) electrons. The van der Waals surface area contributed by atoms with Crippen LogP contribution in [0.2, 0.25) is 0 Å². The van der Waals surface area contributed by atoms with E-state index in [1.54, 1.807) is 0 Å². The first-order chi connectivity index (χ1) is 8.69. The van der Waals surface area contributed by atoms with Crippen LogP contribution < -0.4 is 5.73 Å². The SMILES string of the molecule is CCCc1csc(CN2CCC(C(C)N)CC2)n1.Cl. The molecule has 1 atom stereocenters. The minimum Gasteiger partial charge on any atom is -0.328 e. The van der Waals surface area contributed by atoms with Crippen LogP contribution in [0, 0.1) is 5.92 Å². The van der Waals surface area contributed by atoms with Crippen LogP contribution in [-0.2, 0) is 13.0 Å². The lowest BCUT2D eigenvalue weighted by Gasteiger charge is -2.33. The normalized spacial score (nSPS) is 19.1. The Kier molecular flexibility index (Phi) is 7.29. The number of hydrogen-bond acceptors (Lipinski definition) is 4. The molecule has 0 saturated carbocycles. The molecule has 0 aliphatic carbocycles. The lowest BCUT2D eigenvalue weighted by Crippen LogP contribution is -2.39. The molecule has 19 heavy (non-hydrogen) atoms.